The van der Waals surface area contributed by atoms with Crippen LogP contribution in [-0.2, 0) is 0 Å². The average Bonchev–Trinajstić information content (AvgIpc) is 2.73. The molecule has 2 N–H and O–H groups in total. The molecule has 0 bridgehead atoms. The van der Waals surface area contributed by atoms with E-state index in [2.05, 4.69) is 10.6 Å². The van der Waals surface area contributed by atoms with Gasteiger partial charge in [-0.1, -0.05) is 61.5 Å². The van der Waals surface area contributed by atoms with Crippen molar-refractivity contribution in [2.24, 2.45) is 0 Å². The molecule has 4 nitrogen and oxygen atoms in total. The quantitative estimate of drug-likeness (QED) is 0.668. The third-order valence-electron chi connectivity index (χ3n) is 4.21. The first-order valence-corrected chi connectivity index (χ1v) is 9.03. The normalized spacial score (nSPS) is 10.3. The van der Waals surface area contributed by atoms with E-state index < -0.39 is 0 Å². The summed E-state index contributed by atoms with van der Waals surface area (Å²) in [5, 5.41) is 5.68. The van der Waals surface area contributed by atoms with Gasteiger partial charge in [-0.3, -0.25) is 9.59 Å². The van der Waals surface area contributed by atoms with Crippen LogP contribution < -0.4 is 10.6 Å². The molecule has 0 radical (unpaired) electrons. The number of para-hydroxylation sites is 1. The number of carbonyl (C=O) groups is 2. The van der Waals surface area contributed by atoms with Gasteiger partial charge >= 0.3 is 0 Å². The molecule has 0 aromatic heterocycles. The zero-order valence-electron chi connectivity index (χ0n) is 15.2. The van der Waals surface area contributed by atoms with Crippen molar-refractivity contribution in [3.8, 4) is 11.1 Å². The molecule has 4 heteroatoms. The van der Waals surface area contributed by atoms with E-state index in [0.29, 0.717) is 23.4 Å². The molecule has 2 amide bonds. The highest BCUT2D eigenvalue weighted by Crippen LogP contribution is 2.20. The third-order valence-corrected chi connectivity index (χ3v) is 4.21. The lowest BCUT2D eigenvalue weighted by molar-refractivity contribution is 0.0954. The summed E-state index contributed by atoms with van der Waals surface area (Å²) in [6, 6.07) is 24.4. The van der Waals surface area contributed by atoms with Crippen LogP contribution in [0.2, 0.25) is 0 Å². The number of rotatable bonds is 6. The third kappa shape index (κ3) is 4.61. The van der Waals surface area contributed by atoms with Crippen LogP contribution in [0, 0.1) is 0 Å². The van der Waals surface area contributed by atoms with E-state index in [1.54, 1.807) is 36.4 Å². The maximum Gasteiger partial charge on any atom is 0.255 e. The topological polar surface area (TPSA) is 58.2 Å². The predicted molar refractivity (Wildman–Crippen MR) is 109 cm³/mol. The second kappa shape index (κ2) is 8.81. The Bertz CT molecular complexity index is 919. The zero-order chi connectivity index (χ0) is 19.1. The van der Waals surface area contributed by atoms with Crippen molar-refractivity contribution in [3.63, 3.8) is 0 Å². The second-order valence-corrected chi connectivity index (χ2v) is 6.20. The molecule has 0 aliphatic heterocycles. The number of hydrogen-bond donors (Lipinski definition) is 2. The smallest absolute Gasteiger partial charge is 0.255 e. The Hall–Kier alpha value is -3.40. The maximum atomic E-state index is 12.6. The fourth-order valence-electron chi connectivity index (χ4n) is 2.76. The minimum Gasteiger partial charge on any atom is -0.352 e. The van der Waals surface area contributed by atoms with Crippen molar-refractivity contribution in [2.75, 3.05) is 11.9 Å². The highest BCUT2D eigenvalue weighted by molar-refractivity contribution is 6.09. The Morgan fingerprint density at radius 3 is 2.07 bits per heavy atom. The second-order valence-electron chi connectivity index (χ2n) is 6.20. The van der Waals surface area contributed by atoms with Gasteiger partial charge in [0.1, 0.15) is 0 Å². The molecule has 0 aliphatic rings. The number of amides is 2. The van der Waals surface area contributed by atoms with Gasteiger partial charge in [-0.25, -0.2) is 0 Å². The Labute approximate surface area is 159 Å². The Morgan fingerprint density at radius 2 is 1.37 bits per heavy atom. The molecule has 136 valence electrons. The van der Waals surface area contributed by atoms with E-state index in [-0.39, 0.29) is 11.8 Å². The molecule has 0 spiro atoms. The van der Waals surface area contributed by atoms with E-state index in [1.165, 1.54) is 0 Å². The van der Waals surface area contributed by atoms with Crippen LogP contribution in [0.1, 0.15) is 34.1 Å². The monoisotopic (exact) mass is 358 g/mol. The van der Waals surface area contributed by atoms with Crippen molar-refractivity contribution < 1.29 is 9.59 Å². The van der Waals surface area contributed by atoms with E-state index in [9.17, 15) is 9.59 Å². The van der Waals surface area contributed by atoms with Crippen molar-refractivity contribution >= 4 is 17.5 Å². The number of carbonyl (C=O) groups excluding carboxylic acids is 2. The van der Waals surface area contributed by atoms with Gasteiger partial charge in [-0.05, 0) is 41.8 Å². The number of anilines is 1. The van der Waals surface area contributed by atoms with Gasteiger partial charge in [0, 0.05) is 12.1 Å². The first-order valence-electron chi connectivity index (χ1n) is 9.03. The van der Waals surface area contributed by atoms with E-state index in [1.807, 2.05) is 49.4 Å². The van der Waals surface area contributed by atoms with Gasteiger partial charge in [0.25, 0.3) is 11.8 Å². The molecule has 3 aromatic carbocycles. The molecule has 0 saturated carbocycles. The Balaban J connectivity index is 1.75. The minimum atomic E-state index is -0.245. The molecule has 0 atom stereocenters. The summed E-state index contributed by atoms with van der Waals surface area (Å²) < 4.78 is 0. The molecule has 3 aromatic rings. The van der Waals surface area contributed by atoms with Crippen LogP contribution in [0.25, 0.3) is 11.1 Å². The first-order chi connectivity index (χ1) is 13.2. The van der Waals surface area contributed by atoms with Gasteiger partial charge in [0.15, 0.2) is 0 Å². The summed E-state index contributed by atoms with van der Waals surface area (Å²) in [6.07, 6.45) is 0.855. The van der Waals surface area contributed by atoms with Gasteiger partial charge in [-0.15, -0.1) is 0 Å². The first kappa shape index (κ1) is 18.4. The standard InChI is InChI=1S/C23H22N2O2/c1-2-16-24-23(27)20-10-6-7-11-21(20)25-22(26)19-14-12-18(13-15-19)17-8-4-3-5-9-17/h3-15H,2,16H2,1H3,(H,24,27)(H,25,26). The number of nitrogens with one attached hydrogen (secondary N) is 2. The van der Waals surface area contributed by atoms with Gasteiger partial charge in [0.05, 0.1) is 11.3 Å². The molecule has 0 fully saturated rings. The lowest BCUT2D eigenvalue weighted by Crippen LogP contribution is -2.25. The van der Waals surface area contributed by atoms with Crippen molar-refractivity contribution in [1.29, 1.82) is 0 Å². The molecule has 0 saturated heterocycles. The summed E-state index contributed by atoms with van der Waals surface area (Å²) in [7, 11) is 0. The summed E-state index contributed by atoms with van der Waals surface area (Å²) in [6.45, 7) is 2.59. The van der Waals surface area contributed by atoms with Crippen molar-refractivity contribution in [2.45, 2.75) is 13.3 Å². The summed E-state index contributed by atoms with van der Waals surface area (Å²) in [4.78, 5) is 24.9. The minimum absolute atomic E-state index is 0.188. The number of benzene rings is 3. The van der Waals surface area contributed by atoms with Gasteiger partial charge < -0.3 is 10.6 Å². The number of hydrogen-bond acceptors (Lipinski definition) is 2. The Morgan fingerprint density at radius 1 is 0.741 bits per heavy atom. The predicted octanol–water partition coefficient (Wildman–Crippen LogP) is 4.75. The molecular weight excluding hydrogens is 336 g/mol. The summed E-state index contributed by atoms with van der Waals surface area (Å²) in [5.74, 6) is -0.433. The molecule has 27 heavy (non-hydrogen) atoms. The van der Waals surface area contributed by atoms with Crippen LogP contribution in [0.15, 0.2) is 78.9 Å². The van der Waals surface area contributed by atoms with Crippen molar-refractivity contribution in [1.82, 2.24) is 5.32 Å². The largest absolute Gasteiger partial charge is 0.352 e. The van der Waals surface area contributed by atoms with Crippen LogP contribution in [-0.4, -0.2) is 18.4 Å². The molecule has 0 heterocycles. The lowest BCUT2D eigenvalue weighted by Gasteiger charge is -2.11. The van der Waals surface area contributed by atoms with Crippen LogP contribution in [0.4, 0.5) is 5.69 Å². The molecular formula is C23H22N2O2. The fourth-order valence-corrected chi connectivity index (χ4v) is 2.76. The lowest BCUT2D eigenvalue weighted by atomic mass is 10.0. The fraction of sp³-hybridized carbons (Fsp3) is 0.130. The van der Waals surface area contributed by atoms with Gasteiger partial charge in [0.2, 0.25) is 0 Å². The van der Waals surface area contributed by atoms with E-state index in [0.717, 1.165) is 17.5 Å². The van der Waals surface area contributed by atoms with E-state index in [4.69, 9.17) is 0 Å². The summed E-state index contributed by atoms with van der Waals surface area (Å²) >= 11 is 0. The molecule has 0 aliphatic carbocycles. The Kier molecular flexibility index (Phi) is 6.00. The maximum absolute atomic E-state index is 12.6. The van der Waals surface area contributed by atoms with Crippen LogP contribution >= 0.6 is 0 Å². The molecule has 0 unspecified atom stereocenters. The highest BCUT2D eigenvalue weighted by Gasteiger charge is 2.13. The SMILES string of the molecule is CCCNC(=O)c1ccccc1NC(=O)c1ccc(-c2ccccc2)cc1. The zero-order valence-corrected chi connectivity index (χ0v) is 15.2. The van der Waals surface area contributed by atoms with Crippen LogP contribution in [0.3, 0.4) is 0 Å². The van der Waals surface area contributed by atoms with Crippen LogP contribution in [0.5, 0.6) is 0 Å². The molecule has 3 rings (SSSR count). The highest BCUT2D eigenvalue weighted by atomic mass is 16.2. The average molecular weight is 358 g/mol. The summed E-state index contributed by atoms with van der Waals surface area (Å²) in [5.41, 5.74) is 3.65. The van der Waals surface area contributed by atoms with E-state index >= 15 is 0 Å². The van der Waals surface area contributed by atoms with Gasteiger partial charge in [-0.2, -0.15) is 0 Å². The van der Waals surface area contributed by atoms with Crippen molar-refractivity contribution in [3.05, 3.63) is 90.0 Å².